The van der Waals surface area contributed by atoms with E-state index in [9.17, 15) is 0 Å². The summed E-state index contributed by atoms with van der Waals surface area (Å²) in [6.07, 6.45) is 0. The fourth-order valence-electron chi connectivity index (χ4n) is 0. The summed E-state index contributed by atoms with van der Waals surface area (Å²) in [5, 5.41) is 0. The Kier molecular flexibility index (Phi) is 3.55. The van der Waals surface area contributed by atoms with Crippen molar-refractivity contribution in [2.24, 2.45) is 0 Å². The van der Waals surface area contributed by atoms with Gasteiger partial charge >= 0.3 is 65.2 Å². The van der Waals surface area contributed by atoms with Crippen molar-refractivity contribution in [3.8, 4) is 0 Å². The van der Waals surface area contributed by atoms with Gasteiger partial charge in [-0.15, -0.1) is 0 Å². The molecule has 0 bridgehead atoms. The van der Waals surface area contributed by atoms with Gasteiger partial charge in [0.05, 0.1) is 0 Å². The molecule has 8 heteroatoms. The van der Waals surface area contributed by atoms with Gasteiger partial charge in [0.15, 0.2) is 0 Å². The van der Waals surface area contributed by atoms with Gasteiger partial charge in [0, 0.05) is 0 Å². The smallest absolute Gasteiger partial charge is 1.00 e. The molecule has 0 amide bonds. The van der Waals surface area contributed by atoms with Crippen LogP contribution in [0.4, 0.5) is 0 Å². The molecule has 0 unspecified atom stereocenters. The van der Waals surface area contributed by atoms with E-state index in [2.05, 4.69) is 0 Å². The van der Waals surface area contributed by atoms with Crippen LogP contribution in [0.5, 0.6) is 0 Å². The molecule has 0 saturated carbocycles. The third-order valence-corrected chi connectivity index (χ3v) is 0. The largest absolute Gasteiger partial charge is 1.00 e. The molecule has 0 aliphatic rings. The van der Waals surface area contributed by atoms with Gasteiger partial charge in [-0.1, -0.05) is 0 Å². The second-order valence-electron chi connectivity index (χ2n) is 0.678. The van der Waals surface area contributed by atoms with Crippen molar-refractivity contribution in [1.29, 1.82) is 0 Å². The normalized spacial score (nSPS) is 20.2. The fourth-order valence-corrected chi connectivity index (χ4v) is 0. The Morgan fingerprint density at radius 2 is 0.750 bits per heavy atom. The maximum atomic E-state index is 5.05. The van der Waals surface area contributed by atoms with Gasteiger partial charge in [-0.2, -0.15) is 0 Å². The van der Waals surface area contributed by atoms with Gasteiger partial charge in [0.25, 0.3) is 0 Å². The van der Waals surface area contributed by atoms with Crippen LogP contribution in [0.3, 0.4) is 0 Å². The summed E-state index contributed by atoms with van der Waals surface area (Å²) in [4.78, 5) is 0. The van der Waals surface area contributed by atoms with E-state index >= 15 is 0 Å². The van der Waals surface area contributed by atoms with Crippen LogP contribution in [0.2, 0.25) is 0 Å². The van der Waals surface area contributed by atoms with Crippen molar-refractivity contribution in [3.63, 3.8) is 0 Å². The van der Waals surface area contributed by atoms with Crippen molar-refractivity contribution in [1.82, 2.24) is 0 Å². The van der Waals surface area contributed by atoms with Crippen molar-refractivity contribution in [2.45, 2.75) is 0 Å². The molecule has 0 fully saturated rings. The zero-order valence-electron chi connectivity index (χ0n) is 4.08. The number of rotatable bonds is 0. The molecular weight excluding hydrogens is 424 g/mol. The van der Waals surface area contributed by atoms with Crippen LogP contribution in [-0.2, 0) is 7.31 Å². The Hall–Kier alpha value is 2.39. The average Bonchev–Trinajstić information content (AvgIpc) is 0.592. The number of halogens is 6. The van der Waals surface area contributed by atoms with E-state index in [0.717, 1.165) is 0 Å². The molecule has 0 aromatic heterocycles. The topological polar surface area (TPSA) is 31.5 Å². The Labute approximate surface area is 70.0 Å². The first-order valence-electron chi connectivity index (χ1n) is 0.717. The van der Waals surface area contributed by atoms with Gasteiger partial charge in [0.2, 0.25) is 0 Å². The molecule has 0 radical (unpaired) electrons. The molecule has 0 saturated heterocycles. The van der Waals surface area contributed by atoms with E-state index in [4.69, 9.17) is 56.5 Å². The summed E-state index contributed by atoms with van der Waals surface area (Å²) in [5.41, 5.74) is 0. The third-order valence-electron chi connectivity index (χ3n) is 0. The zero-order valence-corrected chi connectivity index (χ0v) is 9.89. The standard InChI is InChI=1S/6ClH.H2O.Pt/h6*1H;1H2;/q;;;;;;;+5/p-5. The summed E-state index contributed by atoms with van der Waals surface area (Å²) in [5.74, 6) is 0. The zero-order chi connectivity index (χ0) is 6.41. The van der Waals surface area contributed by atoms with Crippen LogP contribution < -0.4 is 0 Å². The molecule has 0 aliphatic carbocycles. The fraction of sp³-hybridized carbons (Fsp3) is 0. The van der Waals surface area contributed by atoms with E-state index in [-0.39, 0.29) is 6.90 Å². The summed E-state index contributed by atoms with van der Waals surface area (Å²) in [6, 6.07) is 0. The van der Waals surface area contributed by atoms with Crippen molar-refractivity contribution in [3.05, 3.63) is 0 Å². The van der Waals surface area contributed by atoms with Gasteiger partial charge in [-0.25, -0.2) is 0 Å². The molecule has 0 spiro atoms. The third kappa shape index (κ3) is 80.3. The molecule has 8 heavy (non-hydrogen) atoms. The maximum absolute atomic E-state index is 5.29. The Bertz CT molecular complexity index is 71.6. The predicted octanol–water partition coefficient (Wildman–Crippen LogP) is 3.42. The average molecular weight is 427 g/mol. The van der Waals surface area contributed by atoms with Crippen molar-refractivity contribution >= 4 is 56.5 Å². The first kappa shape index (κ1) is 13.0. The molecule has 0 heterocycles. The van der Waals surface area contributed by atoms with E-state index < -0.39 is 7.31 Å². The molecule has 0 aromatic rings. The maximum Gasteiger partial charge on any atom is 1.00 e. The second-order valence-corrected chi connectivity index (χ2v) is 49.9. The van der Waals surface area contributed by atoms with Crippen molar-refractivity contribution < 1.29 is 14.2 Å². The Morgan fingerprint density at radius 3 is 0.750 bits per heavy atom. The summed E-state index contributed by atoms with van der Waals surface area (Å²) in [6.45, 7) is 0. The number of hydrogen-bond acceptors (Lipinski definition) is 0. The molecule has 0 atom stereocenters. The molecule has 0 aliphatic heterocycles. The van der Waals surface area contributed by atoms with Gasteiger partial charge in [-0.3, -0.25) is 0 Å². The quantitative estimate of drug-likeness (QED) is 0.568. The first-order chi connectivity index (χ1) is 2.45. The van der Waals surface area contributed by atoms with Gasteiger partial charge < -0.3 is 5.48 Å². The SMILES string of the molecule is O.[Cl][Pt-]([Cl])([Cl])([Cl])([Cl])[Cl].[H+]. The first-order valence-corrected chi connectivity index (χ1v) is 17.6. The summed E-state index contributed by atoms with van der Waals surface area (Å²) < 4.78 is 0. The van der Waals surface area contributed by atoms with Crippen LogP contribution in [0.1, 0.15) is 1.43 Å². The minimum atomic E-state index is -5.29. The van der Waals surface area contributed by atoms with Gasteiger partial charge in [-0.05, 0) is 0 Å². The number of hydrogen-bond donors (Lipinski definition) is 0. The Balaban J connectivity index is -0.000000180. The van der Waals surface area contributed by atoms with Crippen LogP contribution in [0.25, 0.3) is 0 Å². The van der Waals surface area contributed by atoms with Crippen molar-refractivity contribution in [2.75, 3.05) is 0 Å². The van der Waals surface area contributed by atoms with Gasteiger partial charge in [0.1, 0.15) is 0 Å². The molecule has 0 rings (SSSR count). The van der Waals surface area contributed by atoms with Crippen LogP contribution in [0, 0.1) is 0 Å². The van der Waals surface area contributed by atoms with E-state index in [0.29, 0.717) is 0 Å². The van der Waals surface area contributed by atoms with Crippen LogP contribution in [-0.4, -0.2) is 5.48 Å². The monoisotopic (exact) mass is 424 g/mol. The van der Waals surface area contributed by atoms with E-state index in [1.165, 1.54) is 0 Å². The van der Waals surface area contributed by atoms with E-state index in [1.54, 1.807) is 0 Å². The molecule has 0 aromatic carbocycles. The molecule has 61 valence electrons. The minimum Gasteiger partial charge on any atom is 1.00 e. The molecule has 1 nitrogen and oxygen atoms in total. The van der Waals surface area contributed by atoms with Crippen LogP contribution in [0.15, 0.2) is 0 Å². The van der Waals surface area contributed by atoms with E-state index in [1.807, 2.05) is 0 Å². The molecule has 2 N–H and O–H groups in total. The predicted molar refractivity (Wildman–Crippen MR) is 39.8 cm³/mol. The van der Waals surface area contributed by atoms with Crippen LogP contribution >= 0.6 is 56.5 Å². The molecular formula is H3Cl6OPt. The second kappa shape index (κ2) is 2.18. The Morgan fingerprint density at radius 1 is 0.750 bits per heavy atom. The summed E-state index contributed by atoms with van der Waals surface area (Å²) >= 11 is 0. The minimum absolute atomic E-state index is 0. The summed E-state index contributed by atoms with van der Waals surface area (Å²) in [7, 11) is 25.0.